The van der Waals surface area contributed by atoms with Crippen LogP contribution in [0.25, 0.3) is 0 Å². The molecule has 3 rings (SSSR count). The minimum atomic E-state index is -0.424. The SMILES string of the molecule is CCC1CCCC(c2noc(C3COCCC3O)n2)C1. The zero-order valence-electron chi connectivity index (χ0n) is 12.1. The Bertz CT molecular complexity index is 435. The first kappa shape index (κ1) is 14.0. The van der Waals surface area contributed by atoms with Crippen LogP contribution in [-0.2, 0) is 4.74 Å². The molecule has 0 amide bonds. The zero-order valence-corrected chi connectivity index (χ0v) is 12.1. The van der Waals surface area contributed by atoms with E-state index in [1.54, 1.807) is 0 Å². The van der Waals surface area contributed by atoms with Gasteiger partial charge in [-0.1, -0.05) is 31.3 Å². The number of aliphatic hydroxyl groups is 1. The minimum Gasteiger partial charge on any atom is -0.392 e. The second kappa shape index (κ2) is 6.22. The second-order valence-corrected chi connectivity index (χ2v) is 6.17. The zero-order chi connectivity index (χ0) is 13.9. The van der Waals surface area contributed by atoms with Crippen molar-refractivity contribution in [3.05, 3.63) is 11.7 Å². The molecule has 1 aliphatic carbocycles. The van der Waals surface area contributed by atoms with Crippen LogP contribution in [0.5, 0.6) is 0 Å². The lowest BCUT2D eigenvalue weighted by atomic mass is 9.80. The first-order chi connectivity index (χ1) is 9.78. The van der Waals surface area contributed by atoms with Gasteiger partial charge in [-0.05, 0) is 25.2 Å². The minimum absolute atomic E-state index is 0.157. The quantitative estimate of drug-likeness (QED) is 0.921. The van der Waals surface area contributed by atoms with Crippen molar-refractivity contribution in [3.8, 4) is 0 Å². The van der Waals surface area contributed by atoms with E-state index in [1.165, 1.54) is 25.7 Å². The van der Waals surface area contributed by atoms with Gasteiger partial charge in [-0.15, -0.1) is 0 Å². The van der Waals surface area contributed by atoms with Crippen LogP contribution in [-0.4, -0.2) is 34.6 Å². The van der Waals surface area contributed by atoms with Gasteiger partial charge in [0.25, 0.3) is 0 Å². The number of ether oxygens (including phenoxy) is 1. The van der Waals surface area contributed by atoms with Crippen LogP contribution in [0.15, 0.2) is 4.52 Å². The lowest BCUT2D eigenvalue weighted by Gasteiger charge is -2.26. The Kier molecular flexibility index (Phi) is 4.36. The van der Waals surface area contributed by atoms with E-state index in [9.17, 15) is 5.11 Å². The maximum Gasteiger partial charge on any atom is 0.234 e. The summed E-state index contributed by atoms with van der Waals surface area (Å²) in [5.74, 6) is 2.43. The molecule has 1 aliphatic heterocycles. The summed E-state index contributed by atoms with van der Waals surface area (Å²) in [4.78, 5) is 4.56. The van der Waals surface area contributed by atoms with E-state index in [0.717, 1.165) is 18.2 Å². The molecule has 0 spiro atoms. The van der Waals surface area contributed by atoms with Crippen molar-refractivity contribution in [2.45, 2.75) is 63.4 Å². The molecule has 5 nitrogen and oxygen atoms in total. The van der Waals surface area contributed by atoms with E-state index in [4.69, 9.17) is 9.26 Å². The van der Waals surface area contributed by atoms with Gasteiger partial charge in [0.2, 0.25) is 5.89 Å². The van der Waals surface area contributed by atoms with Gasteiger partial charge in [0.05, 0.1) is 18.6 Å². The molecule has 1 aromatic heterocycles. The van der Waals surface area contributed by atoms with Crippen LogP contribution in [0, 0.1) is 5.92 Å². The maximum atomic E-state index is 10.0. The standard InChI is InChI=1S/C15H24N2O3/c1-2-10-4-3-5-11(8-10)14-16-15(20-17-14)12-9-19-7-6-13(12)18/h10-13,18H,2-9H2,1H3. The van der Waals surface area contributed by atoms with Crippen molar-refractivity contribution in [1.82, 2.24) is 10.1 Å². The highest BCUT2D eigenvalue weighted by Crippen LogP contribution is 2.37. The number of hydrogen-bond acceptors (Lipinski definition) is 5. The van der Waals surface area contributed by atoms with Crippen LogP contribution in [0.4, 0.5) is 0 Å². The third-order valence-electron chi connectivity index (χ3n) is 4.82. The molecular weight excluding hydrogens is 256 g/mol. The average molecular weight is 280 g/mol. The lowest BCUT2D eigenvalue weighted by molar-refractivity contribution is -0.0149. The molecule has 1 saturated carbocycles. The fraction of sp³-hybridized carbons (Fsp3) is 0.867. The summed E-state index contributed by atoms with van der Waals surface area (Å²) in [7, 11) is 0. The molecular formula is C15H24N2O3. The Morgan fingerprint density at radius 1 is 1.30 bits per heavy atom. The van der Waals surface area contributed by atoms with Crippen LogP contribution in [0.2, 0.25) is 0 Å². The summed E-state index contributed by atoms with van der Waals surface area (Å²) in [6.45, 7) is 3.34. The predicted molar refractivity (Wildman–Crippen MR) is 73.5 cm³/mol. The number of hydrogen-bond donors (Lipinski definition) is 1. The molecule has 4 atom stereocenters. The number of nitrogens with zero attached hydrogens (tertiary/aromatic N) is 2. The van der Waals surface area contributed by atoms with Crippen molar-refractivity contribution >= 4 is 0 Å². The van der Waals surface area contributed by atoms with Gasteiger partial charge in [-0.2, -0.15) is 4.98 Å². The number of aliphatic hydroxyl groups excluding tert-OH is 1. The summed E-state index contributed by atoms with van der Waals surface area (Å²) in [6, 6.07) is 0. The molecule has 1 N–H and O–H groups in total. The number of aromatic nitrogens is 2. The van der Waals surface area contributed by atoms with Gasteiger partial charge < -0.3 is 14.4 Å². The van der Waals surface area contributed by atoms with E-state index < -0.39 is 6.10 Å². The van der Waals surface area contributed by atoms with Gasteiger partial charge in [0, 0.05) is 12.5 Å². The third-order valence-corrected chi connectivity index (χ3v) is 4.82. The van der Waals surface area contributed by atoms with E-state index in [2.05, 4.69) is 17.1 Å². The monoisotopic (exact) mass is 280 g/mol. The van der Waals surface area contributed by atoms with E-state index >= 15 is 0 Å². The summed E-state index contributed by atoms with van der Waals surface area (Å²) >= 11 is 0. The topological polar surface area (TPSA) is 68.4 Å². The Morgan fingerprint density at radius 3 is 3.00 bits per heavy atom. The van der Waals surface area contributed by atoms with Crippen molar-refractivity contribution < 1.29 is 14.4 Å². The smallest absolute Gasteiger partial charge is 0.234 e. The van der Waals surface area contributed by atoms with Crippen molar-refractivity contribution in [2.24, 2.45) is 5.92 Å². The Balaban J connectivity index is 1.69. The number of rotatable bonds is 3. The van der Waals surface area contributed by atoms with Gasteiger partial charge in [-0.3, -0.25) is 0 Å². The molecule has 1 aromatic rings. The van der Waals surface area contributed by atoms with Crippen LogP contribution in [0.3, 0.4) is 0 Å². The summed E-state index contributed by atoms with van der Waals surface area (Å²) in [5.41, 5.74) is 0. The van der Waals surface area contributed by atoms with Crippen LogP contribution in [0.1, 0.15) is 69.0 Å². The highest BCUT2D eigenvalue weighted by Gasteiger charge is 2.32. The first-order valence-corrected chi connectivity index (χ1v) is 7.87. The van der Waals surface area contributed by atoms with Crippen molar-refractivity contribution in [3.63, 3.8) is 0 Å². The first-order valence-electron chi connectivity index (χ1n) is 7.87. The molecule has 1 saturated heterocycles. The summed E-state index contributed by atoms with van der Waals surface area (Å²) < 4.78 is 10.8. The fourth-order valence-corrected chi connectivity index (χ4v) is 3.42. The molecule has 20 heavy (non-hydrogen) atoms. The molecule has 0 aromatic carbocycles. The highest BCUT2D eigenvalue weighted by atomic mass is 16.5. The Labute approximate surface area is 119 Å². The molecule has 0 bridgehead atoms. The predicted octanol–water partition coefficient (Wildman–Crippen LogP) is 2.62. The molecule has 4 unspecified atom stereocenters. The van der Waals surface area contributed by atoms with E-state index in [0.29, 0.717) is 31.4 Å². The largest absolute Gasteiger partial charge is 0.392 e. The lowest BCUT2D eigenvalue weighted by Crippen LogP contribution is -2.30. The molecule has 0 radical (unpaired) electrons. The highest BCUT2D eigenvalue weighted by molar-refractivity contribution is 5.03. The molecule has 2 fully saturated rings. The van der Waals surface area contributed by atoms with Gasteiger partial charge in [0.1, 0.15) is 0 Å². The molecule has 2 aliphatic rings. The normalized spacial score (nSPS) is 35.1. The summed E-state index contributed by atoms with van der Waals surface area (Å²) in [6.07, 6.45) is 6.35. The van der Waals surface area contributed by atoms with Crippen molar-refractivity contribution in [2.75, 3.05) is 13.2 Å². The Hall–Kier alpha value is -0.940. The van der Waals surface area contributed by atoms with Gasteiger partial charge in [-0.25, -0.2) is 0 Å². The molecule has 2 heterocycles. The van der Waals surface area contributed by atoms with Gasteiger partial charge in [0.15, 0.2) is 5.82 Å². The second-order valence-electron chi connectivity index (χ2n) is 6.17. The summed E-state index contributed by atoms with van der Waals surface area (Å²) in [5, 5.41) is 14.2. The maximum absolute atomic E-state index is 10.0. The molecule has 112 valence electrons. The average Bonchev–Trinajstić information content (AvgIpc) is 2.97. The van der Waals surface area contributed by atoms with E-state index in [1.807, 2.05) is 0 Å². The van der Waals surface area contributed by atoms with Gasteiger partial charge >= 0.3 is 0 Å². The van der Waals surface area contributed by atoms with Crippen LogP contribution >= 0.6 is 0 Å². The third kappa shape index (κ3) is 2.88. The van der Waals surface area contributed by atoms with Crippen LogP contribution < -0.4 is 0 Å². The fourth-order valence-electron chi connectivity index (χ4n) is 3.42. The van der Waals surface area contributed by atoms with E-state index in [-0.39, 0.29) is 5.92 Å². The molecule has 5 heteroatoms. The van der Waals surface area contributed by atoms with Crippen molar-refractivity contribution in [1.29, 1.82) is 0 Å². The Morgan fingerprint density at radius 2 is 2.20 bits per heavy atom.